The fraction of sp³-hybridized carbons (Fsp3) is 0.150. The van der Waals surface area contributed by atoms with E-state index in [1.54, 1.807) is 12.1 Å². The zero-order valence-corrected chi connectivity index (χ0v) is 19.4. The van der Waals surface area contributed by atoms with Crippen LogP contribution in [0.3, 0.4) is 0 Å². The highest BCUT2D eigenvalue weighted by Crippen LogP contribution is 2.36. The Labute approximate surface area is 191 Å². The van der Waals surface area contributed by atoms with Crippen molar-refractivity contribution in [1.29, 1.82) is 0 Å². The second-order valence-corrected chi connectivity index (χ2v) is 8.97. The van der Waals surface area contributed by atoms with Crippen LogP contribution >= 0.6 is 46.6 Å². The second-order valence-electron chi connectivity index (χ2n) is 6.09. The van der Waals surface area contributed by atoms with Crippen LogP contribution in [0, 0.1) is 10.5 Å². The fourth-order valence-electron chi connectivity index (χ4n) is 2.59. The third-order valence-electron chi connectivity index (χ3n) is 3.84. The number of nitrogens with one attached hydrogen (secondary N) is 2. The second kappa shape index (κ2) is 9.59. The van der Waals surface area contributed by atoms with Gasteiger partial charge in [-0.3, -0.25) is 9.59 Å². The Kier molecular flexibility index (Phi) is 7.14. The summed E-state index contributed by atoms with van der Waals surface area (Å²) < 4.78 is 12.3. The van der Waals surface area contributed by atoms with E-state index in [0.717, 1.165) is 14.7 Å². The normalized spacial score (nSPS) is 14.7. The molecule has 1 aliphatic rings. The van der Waals surface area contributed by atoms with E-state index in [1.807, 2.05) is 37.3 Å². The van der Waals surface area contributed by atoms with Crippen LogP contribution < -0.4 is 20.1 Å². The zero-order valence-electron chi connectivity index (χ0n) is 15.6. The lowest BCUT2D eigenvalue weighted by molar-refractivity contribution is -0.118. The van der Waals surface area contributed by atoms with Crippen LogP contribution in [0.5, 0.6) is 11.5 Å². The maximum absolute atomic E-state index is 12.2. The van der Waals surface area contributed by atoms with Gasteiger partial charge in [-0.2, -0.15) is 0 Å². The van der Waals surface area contributed by atoms with Gasteiger partial charge >= 0.3 is 0 Å². The molecule has 9 heteroatoms. The van der Waals surface area contributed by atoms with Crippen molar-refractivity contribution >= 4 is 74.5 Å². The third kappa shape index (κ3) is 5.71. The number of carbonyl (C=O) groups excluding carboxylic acids is 2. The molecule has 2 aromatic carbocycles. The van der Waals surface area contributed by atoms with Gasteiger partial charge in [0.1, 0.15) is 4.32 Å². The molecule has 2 amide bonds. The number of anilines is 1. The van der Waals surface area contributed by atoms with Gasteiger partial charge in [0.05, 0.1) is 15.6 Å². The number of amides is 2. The quantitative estimate of drug-likeness (QED) is 0.327. The van der Waals surface area contributed by atoms with Crippen molar-refractivity contribution in [3.05, 3.63) is 56.0 Å². The standard InChI is InChI=1S/C20H17IN2O4S2/c1-11-4-3-5-13(6-11)22-17(24)10-27-18-14(21)7-12(8-15(18)26-2)9-16-19(25)23-20(28)29-16/h3-9H,10H2,1-2H3,(H,22,24)(H,23,25,28)/b16-9-. The topological polar surface area (TPSA) is 76.7 Å². The Morgan fingerprint density at radius 3 is 2.79 bits per heavy atom. The SMILES string of the molecule is COc1cc(/C=C2\SC(=S)NC2=O)cc(I)c1OCC(=O)Nc1cccc(C)c1. The molecule has 3 rings (SSSR count). The van der Waals surface area contributed by atoms with Gasteiger partial charge in [0.25, 0.3) is 11.8 Å². The van der Waals surface area contributed by atoms with E-state index in [2.05, 4.69) is 33.2 Å². The van der Waals surface area contributed by atoms with Crippen molar-refractivity contribution in [3.8, 4) is 11.5 Å². The average Bonchev–Trinajstić information content (AvgIpc) is 2.97. The number of methoxy groups -OCH3 is 1. The summed E-state index contributed by atoms with van der Waals surface area (Å²) in [4.78, 5) is 24.6. The van der Waals surface area contributed by atoms with Crippen LogP contribution in [0.15, 0.2) is 41.3 Å². The van der Waals surface area contributed by atoms with Crippen molar-refractivity contribution in [2.45, 2.75) is 6.92 Å². The first-order valence-electron chi connectivity index (χ1n) is 8.47. The number of thioether (sulfide) groups is 1. The van der Waals surface area contributed by atoms with E-state index in [0.29, 0.717) is 26.4 Å². The Morgan fingerprint density at radius 2 is 2.14 bits per heavy atom. The Hall–Kier alpha value is -2.11. The monoisotopic (exact) mass is 540 g/mol. The molecule has 0 bridgehead atoms. The molecule has 0 spiro atoms. The van der Waals surface area contributed by atoms with Gasteiger partial charge < -0.3 is 20.1 Å². The van der Waals surface area contributed by atoms with Crippen molar-refractivity contribution in [1.82, 2.24) is 5.32 Å². The largest absolute Gasteiger partial charge is 0.493 e. The Balaban J connectivity index is 1.72. The number of aryl methyl sites for hydroxylation is 1. The molecule has 29 heavy (non-hydrogen) atoms. The number of halogens is 1. The lowest BCUT2D eigenvalue weighted by Crippen LogP contribution is -2.20. The van der Waals surface area contributed by atoms with Gasteiger partial charge in [0.15, 0.2) is 18.1 Å². The van der Waals surface area contributed by atoms with Crippen LogP contribution in [-0.4, -0.2) is 29.9 Å². The number of benzene rings is 2. The number of carbonyl (C=O) groups is 2. The smallest absolute Gasteiger partial charge is 0.263 e. The summed E-state index contributed by atoms with van der Waals surface area (Å²) in [7, 11) is 1.52. The molecule has 0 aliphatic carbocycles. The summed E-state index contributed by atoms with van der Waals surface area (Å²) in [5.74, 6) is 0.445. The van der Waals surface area contributed by atoms with Gasteiger partial charge in [0.2, 0.25) is 0 Å². The average molecular weight is 540 g/mol. The van der Waals surface area contributed by atoms with Crippen molar-refractivity contribution in [2.75, 3.05) is 19.0 Å². The summed E-state index contributed by atoms with van der Waals surface area (Å²) in [6.07, 6.45) is 1.73. The minimum absolute atomic E-state index is 0.159. The summed E-state index contributed by atoms with van der Waals surface area (Å²) in [5, 5.41) is 5.39. The van der Waals surface area contributed by atoms with Crippen molar-refractivity contribution in [3.63, 3.8) is 0 Å². The molecular weight excluding hydrogens is 523 g/mol. The molecular formula is C20H17IN2O4S2. The molecule has 2 aromatic rings. The minimum Gasteiger partial charge on any atom is -0.493 e. The van der Waals surface area contributed by atoms with E-state index in [-0.39, 0.29) is 18.4 Å². The van der Waals surface area contributed by atoms with Gasteiger partial charge in [-0.25, -0.2) is 0 Å². The molecule has 0 atom stereocenters. The van der Waals surface area contributed by atoms with E-state index in [4.69, 9.17) is 21.7 Å². The third-order valence-corrected chi connectivity index (χ3v) is 5.80. The number of hydrogen-bond acceptors (Lipinski definition) is 6. The highest BCUT2D eigenvalue weighted by Gasteiger charge is 2.22. The molecule has 1 saturated heterocycles. The number of rotatable bonds is 6. The molecule has 0 radical (unpaired) electrons. The molecule has 1 fully saturated rings. The van der Waals surface area contributed by atoms with Crippen molar-refractivity contribution in [2.24, 2.45) is 0 Å². The van der Waals surface area contributed by atoms with Crippen LogP contribution in [-0.2, 0) is 9.59 Å². The van der Waals surface area contributed by atoms with E-state index in [1.165, 1.54) is 18.9 Å². The minimum atomic E-state index is -0.271. The fourth-order valence-corrected chi connectivity index (χ4v) is 4.42. The lowest BCUT2D eigenvalue weighted by atomic mass is 10.2. The highest BCUT2D eigenvalue weighted by atomic mass is 127. The number of ether oxygens (including phenoxy) is 2. The van der Waals surface area contributed by atoms with E-state index < -0.39 is 0 Å². The molecule has 6 nitrogen and oxygen atoms in total. The molecule has 0 saturated carbocycles. The van der Waals surface area contributed by atoms with Gasteiger partial charge in [0, 0.05) is 5.69 Å². The number of thiocarbonyl (C=S) groups is 1. The van der Waals surface area contributed by atoms with Crippen LogP contribution in [0.4, 0.5) is 5.69 Å². The molecule has 0 aromatic heterocycles. The summed E-state index contributed by atoms with van der Waals surface area (Å²) in [6.45, 7) is 1.80. The molecule has 1 heterocycles. The first kappa shape index (κ1) is 21.6. The maximum Gasteiger partial charge on any atom is 0.263 e. The molecule has 1 aliphatic heterocycles. The Bertz CT molecular complexity index is 1020. The van der Waals surface area contributed by atoms with Crippen LogP contribution in [0.25, 0.3) is 6.08 Å². The van der Waals surface area contributed by atoms with E-state index >= 15 is 0 Å². The molecule has 150 valence electrons. The lowest BCUT2D eigenvalue weighted by Gasteiger charge is -2.14. The predicted molar refractivity (Wildman–Crippen MR) is 127 cm³/mol. The highest BCUT2D eigenvalue weighted by molar-refractivity contribution is 14.1. The molecule has 0 unspecified atom stereocenters. The zero-order chi connectivity index (χ0) is 21.0. The van der Waals surface area contributed by atoms with Gasteiger partial charge in [-0.15, -0.1) is 0 Å². The Morgan fingerprint density at radius 1 is 1.34 bits per heavy atom. The van der Waals surface area contributed by atoms with Gasteiger partial charge in [-0.05, 0) is 71.0 Å². The summed E-state index contributed by atoms with van der Waals surface area (Å²) in [6, 6.07) is 11.1. The number of hydrogen-bond donors (Lipinski definition) is 2. The first-order valence-corrected chi connectivity index (χ1v) is 10.8. The van der Waals surface area contributed by atoms with Crippen LogP contribution in [0.1, 0.15) is 11.1 Å². The van der Waals surface area contributed by atoms with E-state index in [9.17, 15) is 9.59 Å². The molecule has 2 N–H and O–H groups in total. The van der Waals surface area contributed by atoms with Crippen LogP contribution in [0.2, 0.25) is 0 Å². The van der Waals surface area contributed by atoms with Gasteiger partial charge in [-0.1, -0.05) is 36.1 Å². The maximum atomic E-state index is 12.2. The summed E-state index contributed by atoms with van der Waals surface area (Å²) >= 11 is 8.32. The predicted octanol–water partition coefficient (Wildman–Crippen LogP) is 4.11. The van der Waals surface area contributed by atoms with Crippen molar-refractivity contribution < 1.29 is 19.1 Å². The first-order chi connectivity index (χ1) is 13.9. The summed E-state index contributed by atoms with van der Waals surface area (Å²) in [5.41, 5.74) is 2.54.